The van der Waals surface area contributed by atoms with Crippen molar-refractivity contribution in [3.8, 4) is 11.8 Å². The minimum absolute atomic E-state index is 0.117. The minimum Gasteiger partial charge on any atom is -0.465 e. The van der Waals surface area contributed by atoms with Crippen LogP contribution in [0.2, 0.25) is 0 Å². The molecule has 7 heteroatoms. The number of aliphatic hydroxyl groups excluding tert-OH is 1. The Hall–Kier alpha value is -2.04. The predicted octanol–water partition coefficient (Wildman–Crippen LogP) is 0.644. The number of aryl methyl sites for hydroxylation is 1. The molecule has 2 N–H and O–H groups in total. The maximum Gasteiger partial charge on any atom is 0.323 e. The molecule has 0 saturated heterocycles. The van der Waals surface area contributed by atoms with Gasteiger partial charge < -0.3 is 9.84 Å². The second-order valence-electron chi connectivity index (χ2n) is 4.18. The highest BCUT2D eigenvalue weighted by Crippen LogP contribution is 2.18. The van der Waals surface area contributed by atoms with Crippen LogP contribution in [0, 0.1) is 18.8 Å². The van der Waals surface area contributed by atoms with Crippen molar-refractivity contribution in [3.05, 3.63) is 29.3 Å². The summed E-state index contributed by atoms with van der Waals surface area (Å²) in [6, 6.07) is 4.96. The van der Waals surface area contributed by atoms with Gasteiger partial charge in [0, 0.05) is 5.56 Å². The van der Waals surface area contributed by atoms with E-state index < -0.39 is 21.7 Å². The van der Waals surface area contributed by atoms with Crippen molar-refractivity contribution in [1.29, 1.82) is 0 Å². The number of carbonyl (C=O) groups is 1. The van der Waals surface area contributed by atoms with Gasteiger partial charge in [0.05, 0.1) is 12.3 Å². The Kier molecular flexibility index (Phi) is 6.21. The third-order valence-corrected chi connectivity index (χ3v) is 3.50. The smallest absolute Gasteiger partial charge is 0.323 e. The Bertz CT molecular complexity index is 670. The standard InChI is InChI=1S/C14H17NO5S/c1-3-20-14(17)10-21(18,19)15-13-7-6-11(2)9-12(13)5-4-8-16/h6-7,9,15-16H,3,8,10H2,1-2H3. The summed E-state index contributed by atoms with van der Waals surface area (Å²) in [5, 5.41) is 8.72. The molecule has 0 atom stereocenters. The Morgan fingerprint density at radius 1 is 1.43 bits per heavy atom. The van der Waals surface area contributed by atoms with E-state index >= 15 is 0 Å². The molecule has 0 unspecified atom stereocenters. The summed E-state index contributed by atoms with van der Waals surface area (Å²) in [5.41, 5.74) is 1.58. The number of esters is 1. The van der Waals surface area contributed by atoms with E-state index in [9.17, 15) is 13.2 Å². The lowest BCUT2D eigenvalue weighted by molar-refractivity contribution is -0.139. The molecule has 0 aliphatic heterocycles. The summed E-state index contributed by atoms with van der Waals surface area (Å²) in [4.78, 5) is 11.3. The van der Waals surface area contributed by atoms with Crippen molar-refractivity contribution in [2.45, 2.75) is 13.8 Å². The summed E-state index contributed by atoms with van der Waals surface area (Å²) in [6.07, 6.45) is 0. The van der Waals surface area contributed by atoms with Crippen molar-refractivity contribution in [3.63, 3.8) is 0 Å². The lowest BCUT2D eigenvalue weighted by Gasteiger charge is -2.10. The lowest BCUT2D eigenvalue weighted by atomic mass is 10.1. The summed E-state index contributed by atoms with van der Waals surface area (Å²) >= 11 is 0. The normalized spacial score (nSPS) is 10.4. The average Bonchev–Trinajstić information content (AvgIpc) is 2.38. The van der Waals surface area contributed by atoms with Crippen molar-refractivity contribution >= 4 is 21.7 Å². The van der Waals surface area contributed by atoms with Gasteiger partial charge in [0.1, 0.15) is 6.61 Å². The fourth-order valence-corrected chi connectivity index (χ4v) is 2.53. The third-order valence-electron chi connectivity index (χ3n) is 2.36. The Morgan fingerprint density at radius 2 is 2.14 bits per heavy atom. The number of aliphatic hydroxyl groups is 1. The highest BCUT2D eigenvalue weighted by molar-refractivity contribution is 7.93. The number of anilines is 1. The molecule has 0 aliphatic carbocycles. The van der Waals surface area contributed by atoms with E-state index in [1.165, 1.54) is 0 Å². The van der Waals surface area contributed by atoms with Gasteiger partial charge in [-0.2, -0.15) is 0 Å². The summed E-state index contributed by atoms with van der Waals surface area (Å²) < 4.78 is 30.7. The van der Waals surface area contributed by atoms with Gasteiger partial charge in [0.25, 0.3) is 0 Å². The number of carbonyl (C=O) groups excluding carboxylic acids is 1. The van der Waals surface area contributed by atoms with E-state index in [0.717, 1.165) is 5.56 Å². The van der Waals surface area contributed by atoms with Gasteiger partial charge in [-0.25, -0.2) is 8.42 Å². The van der Waals surface area contributed by atoms with Crippen LogP contribution in [0.25, 0.3) is 0 Å². The van der Waals surface area contributed by atoms with Crippen LogP contribution in [-0.2, 0) is 19.6 Å². The predicted molar refractivity (Wildman–Crippen MR) is 79.2 cm³/mol. The number of benzene rings is 1. The molecule has 0 spiro atoms. The van der Waals surface area contributed by atoms with Crippen LogP contribution in [0.1, 0.15) is 18.1 Å². The first-order chi connectivity index (χ1) is 9.88. The first-order valence-corrected chi connectivity index (χ1v) is 7.89. The van der Waals surface area contributed by atoms with Gasteiger partial charge >= 0.3 is 5.97 Å². The fourth-order valence-electron chi connectivity index (χ4n) is 1.55. The van der Waals surface area contributed by atoms with Crippen molar-refractivity contribution in [1.82, 2.24) is 0 Å². The molecule has 1 aromatic rings. The molecule has 6 nitrogen and oxygen atoms in total. The summed E-state index contributed by atoms with van der Waals surface area (Å²) in [7, 11) is -3.87. The quantitative estimate of drug-likeness (QED) is 0.615. The second-order valence-corrected chi connectivity index (χ2v) is 5.90. The van der Waals surface area contributed by atoms with E-state index in [1.54, 1.807) is 25.1 Å². The van der Waals surface area contributed by atoms with Gasteiger partial charge in [-0.3, -0.25) is 9.52 Å². The highest BCUT2D eigenvalue weighted by Gasteiger charge is 2.18. The number of nitrogens with one attached hydrogen (secondary N) is 1. The van der Waals surface area contributed by atoms with Crippen LogP contribution in [-0.4, -0.2) is 38.5 Å². The first kappa shape index (κ1) is 17.0. The molecule has 0 amide bonds. The molecule has 0 fully saturated rings. The molecule has 0 radical (unpaired) electrons. The number of rotatable bonds is 5. The monoisotopic (exact) mass is 311 g/mol. The SMILES string of the molecule is CCOC(=O)CS(=O)(=O)Nc1ccc(C)cc1C#CCO. The fraction of sp³-hybridized carbons (Fsp3) is 0.357. The van der Waals surface area contributed by atoms with E-state index in [1.807, 2.05) is 6.92 Å². The van der Waals surface area contributed by atoms with E-state index in [4.69, 9.17) is 5.11 Å². The van der Waals surface area contributed by atoms with E-state index in [2.05, 4.69) is 21.3 Å². The minimum atomic E-state index is -3.87. The van der Waals surface area contributed by atoms with Crippen LogP contribution in [0.5, 0.6) is 0 Å². The van der Waals surface area contributed by atoms with Crippen LogP contribution in [0.4, 0.5) is 5.69 Å². The van der Waals surface area contributed by atoms with E-state index in [0.29, 0.717) is 5.56 Å². The van der Waals surface area contributed by atoms with Crippen LogP contribution in [0.15, 0.2) is 18.2 Å². The van der Waals surface area contributed by atoms with Crippen molar-refractivity contribution < 1.29 is 23.1 Å². The molecular weight excluding hydrogens is 294 g/mol. The highest BCUT2D eigenvalue weighted by atomic mass is 32.2. The maximum absolute atomic E-state index is 11.9. The largest absolute Gasteiger partial charge is 0.465 e. The molecule has 0 aliphatic rings. The first-order valence-electron chi connectivity index (χ1n) is 6.24. The number of sulfonamides is 1. The van der Waals surface area contributed by atoms with Crippen molar-refractivity contribution in [2.24, 2.45) is 0 Å². The Labute approximate surface area is 124 Å². The zero-order valence-corrected chi connectivity index (χ0v) is 12.7. The van der Waals surface area contributed by atoms with Crippen LogP contribution < -0.4 is 4.72 Å². The van der Waals surface area contributed by atoms with Gasteiger partial charge in [0.15, 0.2) is 5.75 Å². The van der Waals surface area contributed by atoms with Gasteiger partial charge in [0.2, 0.25) is 10.0 Å². The topological polar surface area (TPSA) is 92.7 Å². The van der Waals surface area contributed by atoms with Crippen LogP contribution >= 0.6 is 0 Å². The molecule has 21 heavy (non-hydrogen) atoms. The van der Waals surface area contributed by atoms with Gasteiger partial charge in [-0.15, -0.1) is 0 Å². The summed E-state index contributed by atoms with van der Waals surface area (Å²) in [5.74, 6) is 3.54. The number of ether oxygens (including phenoxy) is 1. The molecule has 0 aromatic heterocycles. The zero-order chi connectivity index (χ0) is 15.9. The lowest BCUT2D eigenvalue weighted by Crippen LogP contribution is -2.24. The number of hydrogen-bond donors (Lipinski definition) is 2. The van der Waals surface area contributed by atoms with E-state index in [-0.39, 0.29) is 18.9 Å². The zero-order valence-electron chi connectivity index (χ0n) is 11.8. The van der Waals surface area contributed by atoms with Gasteiger partial charge in [-0.05, 0) is 31.5 Å². The Morgan fingerprint density at radius 3 is 2.76 bits per heavy atom. The molecule has 0 bridgehead atoms. The second kappa shape index (κ2) is 7.67. The molecule has 1 aromatic carbocycles. The molecule has 114 valence electrons. The number of hydrogen-bond acceptors (Lipinski definition) is 5. The Balaban J connectivity index is 2.99. The maximum atomic E-state index is 11.9. The van der Waals surface area contributed by atoms with Crippen LogP contribution in [0.3, 0.4) is 0 Å². The summed E-state index contributed by atoms with van der Waals surface area (Å²) in [6.45, 7) is 3.22. The molecule has 1 rings (SSSR count). The van der Waals surface area contributed by atoms with Gasteiger partial charge in [-0.1, -0.05) is 17.9 Å². The average molecular weight is 311 g/mol. The molecular formula is C14H17NO5S. The molecule has 0 heterocycles. The third kappa shape index (κ3) is 5.85. The van der Waals surface area contributed by atoms with Crippen molar-refractivity contribution in [2.75, 3.05) is 23.7 Å². The molecule has 0 saturated carbocycles.